The highest BCUT2D eigenvalue weighted by Gasteiger charge is 2.46. The fraction of sp³-hybridized carbons (Fsp3) is 0.875. The first-order valence-electron chi connectivity index (χ1n) is 3.93. The fourth-order valence-corrected chi connectivity index (χ4v) is 1.99. The lowest BCUT2D eigenvalue weighted by Crippen LogP contribution is -2.13. The maximum absolute atomic E-state index is 10.5. The van der Waals surface area contributed by atoms with Gasteiger partial charge in [-0.05, 0) is 31.1 Å². The highest BCUT2D eigenvalue weighted by molar-refractivity contribution is 5.66. The fourth-order valence-electron chi connectivity index (χ4n) is 1.99. The van der Waals surface area contributed by atoms with Crippen LogP contribution in [0.3, 0.4) is 0 Å². The minimum Gasteiger partial charge on any atom is -0.463 e. The van der Waals surface area contributed by atoms with E-state index in [1.54, 1.807) is 0 Å². The van der Waals surface area contributed by atoms with Crippen LogP contribution < -0.4 is 0 Å². The third-order valence-corrected chi connectivity index (χ3v) is 2.53. The molecule has 0 aromatic carbocycles. The molecule has 2 fully saturated rings. The van der Waals surface area contributed by atoms with Crippen molar-refractivity contribution in [2.24, 2.45) is 11.8 Å². The molecular weight excluding hydrogens is 128 g/mol. The Balaban J connectivity index is 1.80. The average Bonchev–Trinajstić information content (AvgIpc) is 2.39. The van der Waals surface area contributed by atoms with E-state index in [0.717, 1.165) is 24.7 Å². The Kier molecular flexibility index (Phi) is 1.22. The van der Waals surface area contributed by atoms with Crippen molar-refractivity contribution in [3.63, 3.8) is 0 Å². The van der Waals surface area contributed by atoms with Crippen molar-refractivity contribution in [3.05, 3.63) is 0 Å². The molecule has 0 aromatic heterocycles. The number of fused-ring (bicyclic) bond motifs is 1. The Morgan fingerprint density at radius 3 is 2.40 bits per heavy atom. The van der Waals surface area contributed by atoms with Crippen LogP contribution in [-0.2, 0) is 9.53 Å². The van der Waals surface area contributed by atoms with Crippen molar-refractivity contribution in [2.75, 3.05) is 0 Å². The highest BCUT2D eigenvalue weighted by atomic mass is 16.5. The molecule has 56 valence electrons. The zero-order valence-electron chi connectivity index (χ0n) is 6.17. The van der Waals surface area contributed by atoms with E-state index < -0.39 is 0 Å². The van der Waals surface area contributed by atoms with Gasteiger partial charge >= 0.3 is 5.97 Å². The summed E-state index contributed by atoms with van der Waals surface area (Å²) in [7, 11) is 0. The summed E-state index contributed by atoms with van der Waals surface area (Å²) in [4.78, 5) is 10.5. The third-order valence-electron chi connectivity index (χ3n) is 2.53. The summed E-state index contributed by atoms with van der Waals surface area (Å²) in [6, 6.07) is 0. The summed E-state index contributed by atoms with van der Waals surface area (Å²) < 4.78 is 5.07. The molecule has 10 heavy (non-hydrogen) atoms. The molecule has 0 spiro atoms. The van der Waals surface area contributed by atoms with Crippen LogP contribution in [0.2, 0.25) is 0 Å². The van der Waals surface area contributed by atoms with Crippen LogP contribution in [0.15, 0.2) is 0 Å². The molecule has 0 aromatic rings. The van der Waals surface area contributed by atoms with Crippen molar-refractivity contribution in [1.29, 1.82) is 0 Å². The minimum absolute atomic E-state index is 0.119. The lowest BCUT2D eigenvalue weighted by molar-refractivity contribution is -0.146. The molecule has 0 saturated heterocycles. The van der Waals surface area contributed by atoms with Crippen LogP contribution in [0.1, 0.15) is 26.2 Å². The molecule has 0 bridgehead atoms. The minimum atomic E-state index is -0.119. The van der Waals surface area contributed by atoms with E-state index in [0.29, 0.717) is 0 Å². The smallest absolute Gasteiger partial charge is 0.302 e. The molecule has 0 radical (unpaired) electrons. The SMILES string of the molecule is CC(=O)O[C@@H]1C[C@@H]2C[C@@H]2C1. The Labute approximate surface area is 60.6 Å². The molecule has 0 aliphatic heterocycles. The van der Waals surface area contributed by atoms with E-state index in [4.69, 9.17) is 4.74 Å². The largest absolute Gasteiger partial charge is 0.463 e. The van der Waals surface area contributed by atoms with Crippen LogP contribution in [0.4, 0.5) is 0 Å². The number of esters is 1. The van der Waals surface area contributed by atoms with Crippen molar-refractivity contribution in [2.45, 2.75) is 32.3 Å². The number of hydrogen-bond donors (Lipinski definition) is 0. The maximum Gasteiger partial charge on any atom is 0.302 e. The summed E-state index contributed by atoms with van der Waals surface area (Å²) in [5, 5.41) is 0. The van der Waals surface area contributed by atoms with Gasteiger partial charge in [0.05, 0.1) is 0 Å². The predicted molar refractivity (Wildman–Crippen MR) is 36.4 cm³/mol. The third kappa shape index (κ3) is 1.02. The molecule has 2 aliphatic carbocycles. The van der Waals surface area contributed by atoms with Crippen molar-refractivity contribution >= 4 is 5.97 Å². The molecule has 2 aliphatic rings. The maximum atomic E-state index is 10.5. The molecule has 2 heteroatoms. The lowest BCUT2D eigenvalue weighted by Gasteiger charge is -2.10. The van der Waals surface area contributed by atoms with Gasteiger partial charge in [-0.15, -0.1) is 0 Å². The second kappa shape index (κ2) is 1.97. The molecule has 2 nitrogen and oxygen atoms in total. The van der Waals surface area contributed by atoms with E-state index in [1.807, 2.05) is 0 Å². The standard InChI is InChI=1S/C8H12O2/c1-5(9)10-8-3-6-2-7(6)4-8/h6-8H,2-4H2,1H3/t6-,7+,8+. The van der Waals surface area contributed by atoms with Crippen LogP contribution in [0, 0.1) is 11.8 Å². The topological polar surface area (TPSA) is 26.3 Å². The predicted octanol–water partition coefficient (Wildman–Crippen LogP) is 1.35. The molecule has 0 unspecified atom stereocenters. The van der Waals surface area contributed by atoms with Crippen LogP contribution in [-0.4, -0.2) is 12.1 Å². The first kappa shape index (κ1) is 6.20. The Morgan fingerprint density at radius 1 is 1.30 bits per heavy atom. The zero-order valence-corrected chi connectivity index (χ0v) is 6.17. The van der Waals surface area contributed by atoms with E-state index in [1.165, 1.54) is 13.3 Å². The summed E-state index contributed by atoms with van der Waals surface area (Å²) in [5.74, 6) is 1.69. The van der Waals surface area contributed by atoms with Crippen molar-refractivity contribution < 1.29 is 9.53 Å². The monoisotopic (exact) mass is 140 g/mol. The molecular formula is C8H12O2. The van der Waals surface area contributed by atoms with Gasteiger partial charge in [0.25, 0.3) is 0 Å². The van der Waals surface area contributed by atoms with Crippen molar-refractivity contribution in [1.82, 2.24) is 0 Å². The van der Waals surface area contributed by atoms with E-state index >= 15 is 0 Å². The summed E-state index contributed by atoms with van der Waals surface area (Å²) in [6.45, 7) is 1.49. The summed E-state index contributed by atoms with van der Waals surface area (Å²) >= 11 is 0. The average molecular weight is 140 g/mol. The quantitative estimate of drug-likeness (QED) is 0.514. The second-order valence-electron chi connectivity index (χ2n) is 3.46. The Morgan fingerprint density at radius 2 is 1.90 bits per heavy atom. The molecule has 0 heterocycles. The normalized spacial score (nSPS) is 42.7. The van der Waals surface area contributed by atoms with Gasteiger partial charge in [0.2, 0.25) is 0 Å². The first-order chi connectivity index (χ1) is 4.75. The van der Waals surface area contributed by atoms with Crippen LogP contribution in [0.25, 0.3) is 0 Å². The number of carbonyl (C=O) groups excluding carboxylic acids is 1. The van der Waals surface area contributed by atoms with Gasteiger partial charge in [0.1, 0.15) is 6.10 Å². The Bertz CT molecular complexity index is 155. The molecule has 2 rings (SSSR count). The number of hydrogen-bond acceptors (Lipinski definition) is 2. The molecule has 2 saturated carbocycles. The Hall–Kier alpha value is -0.530. The highest BCUT2D eigenvalue weighted by Crippen LogP contribution is 2.52. The van der Waals surface area contributed by atoms with Gasteiger partial charge in [-0.3, -0.25) is 4.79 Å². The van der Waals surface area contributed by atoms with Crippen molar-refractivity contribution in [3.8, 4) is 0 Å². The number of ether oxygens (including phenoxy) is 1. The number of rotatable bonds is 1. The summed E-state index contributed by atoms with van der Waals surface area (Å²) in [6.07, 6.45) is 3.91. The van der Waals surface area contributed by atoms with E-state index in [2.05, 4.69) is 0 Å². The summed E-state index contributed by atoms with van der Waals surface area (Å²) in [5.41, 5.74) is 0. The van der Waals surface area contributed by atoms with E-state index in [9.17, 15) is 4.79 Å². The van der Waals surface area contributed by atoms with Crippen LogP contribution >= 0.6 is 0 Å². The molecule has 0 amide bonds. The zero-order chi connectivity index (χ0) is 7.14. The van der Waals surface area contributed by atoms with Gasteiger partial charge < -0.3 is 4.74 Å². The number of carbonyl (C=O) groups is 1. The van der Waals surface area contributed by atoms with Crippen LogP contribution in [0.5, 0.6) is 0 Å². The first-order valence-corrected chi connectivity index (χ1v) is 3.93. The van der Waals surface area contributed by atoms with Gasteiger partial charge in [0, 0.05) is 6.92 Å². The molecule has 3 atom stereocenters. The second-order valence-corrected chi connectivity index (χ2v) is 3.46. The van der Waals surface area contributed by atoms with E-state index in [-0.39, 0.29) is 12.1 Å². The van der Waals surface area contributed by atoms with Gasteiger partial charge in [0.15, 0.2) is 0 Å². The van der Waals surface area contributed by atoms with Gasteiger partial charge in [-0.2, -0.15) is 0 Å². The lowest BCUT2D eigenvalue weighted by atomic mass is 10.2. The van der Waals surface area contributed by atoms with Gasteiger partial charge in [-0.25, -0.2) is 0 Å². The molecule has 0 N–H and O–H groups in total. The van der Waals surface area contributed by atoms with Gasteiger partial charge in [-0.1, -0.05) is 0 Å².